The van der Waals surface area contributed by atoms with Gasteiger partial charge >= 0.3 is 8.80 Å². The average Bonchev–Trinajstić information content (AvgIpc) is 2.56. The summed E-state index contributed by atoms with van der Waals surface area (Å²) in [6.07, 6.45) is 23.2. The molecule has 0 aliphatic rings. The van der Waals surface area contributed by atoms with E-state index in [1.165, 1.54) is 96.3 Å². The Morgan fingerprint density at radius 3 is 0.880 bits per heavy atom. The molecule has 4 nitrogen and oxygen atoms in total. The van der Waals surface area contributed by atoms with Crippen LogP contribution in [0.5, 0.6) is 0 Å². The van der Waals surface area contributed by atoms with Gasteiger partial charge in [0.15, 0.2) is 0 Å². The largest absolute Gasteiger partial charge is 0.492 e. The van der Waals surface area contributed by atoms with Crippen molar-refractivity contribution in [3.63, 3.8) is 0 Å². The van der Waals surface area contributed by atoms with Crippen LogP contribution in [0.2, 0.25) is 6.04 Å². The summed E-state index contributed by atoms with van der Waals surface area (Å²) in [6.45, 7) is 0.849. The summed E-state index contributed by atoms with van der Waals surface area (Å²) >= 11 is 0. The predicted octanol–water partition coefficient (Wildman–Crippen LogP) is 4.88. The standard InChI is InChI=1S/C20H45NO3Si/c21-19-17-15-13-11-9-7-5-3-1-2-4-6-8-10-12-14-16-18-20-25(22,23)24/h22-24H,1-21H2. The number of unbranched alkanes of at least 4 members (excludes halogenated alkanes) is 17. The molecule has 0 saturated heterocycles. The fourth-order valence-electron chi connectivity index (χ4n) is 3.33. The second-order valence-corrected chi connectivity index (χ2v) is 9.73. The topological polar surface area (TPSA) is 86.7 Å². The molecule has 0 rings (SSSR count). The molecule has 0 fully saturated rings. The second-order valence-electron chi connectivity index (χ2n) is 7.68. The first kappa shape index (κ1) is 25.1. The van der Waals surface area contributed by atoms with Gasteiger partial charge in [0, 0.05) is 6.04 Å². The summed E-state index contributed by atoms with van der Waals surface area (Å²) in [7, 11) is -3.77. The van der Waals surface area contributed by atoms with E-state index in [-0.39, 0.29) is 6.04 Å². The summed E-state index contributed by atoms with van der Waals surface area (Å²) in [5.74, 6) is 0. The first-order valence-electron chi connectivity index (χ1n) is 10.9. The molecule has 0 bridgehead atoms. The Kier molecular flexibility index (Phi) is 18.9. The predicted molar refractivity (Wildman–Crippen MR) is 109 cm³/mol. The molecule has 0 radical (unpaired) electrons. The molecule has 152 valence electrons. The van der Waals surface area contributed by atoms with Crippen molar-refractivity contribution in [1.29, 1.82) is 0 Å². The van der Waals surface area contributed by atoms with E-state index in [2.05, 4.69) is 0 Å². The lowest BCUT2D eigenvalue weighted by Crippen LogP contribution is -2.33. The van der Waals surface area contributed by atoms with Crippen molar-refractivity contribution in [3.05, 3.63) is 0 Å². The van der Waals surface area contributed by atoms with Crippen LogP contribution in [-0.4, -0.2) is 29.7 Å². The number of nitrogens with two attached hydrogens (primary N) is 1. The zero-order chi connectivity index (χ0) is 18.6. The molecule has 25 heavy (non-hydrogen) atoms. The normalized spacial score (nSPS) is 12.0. The molecule has 5 N–H and O–H groups in total. The van der Waals surface area contributed by atoms with Gasteiger partial charge in [-0.3, -0.25) is 0 Å². The van der Waals surface area contributed by atoms with Crippen LogP contribution in [0.15, 0.2) is 0 Å². The Bertz CT molecular complexity index is 260. The Morgan fingerprint density at radius 1 is 0.400 bits per heavy atom. The quantitative estimate of drug-likeness (QED) is 0.180. The van der Waals surface area contributed by atoms with Crippen LogP contribution in [0, 0.1) is 0 Å². The lowest BCUT2D eigenvalue weighted by Gasteiger charge is -2.08. The third kappa shape index (κ3) is 24.1. The number of hydrogen-bond acceptors (Lipinski definition) is 4. The number of hydrogen-bond donors (Lipinski definition) is 4. The highest BCUT2D eigenvalue weighted by molar-refractivity contribution is 6.56. The molecule has 0 atom stereocenters. The third-order valence-corrected chi connectivity index (χ3v) is 5.99. The molecular formula is C20H45NO3Si. The lowest BCUT2D eigenvalue weighted by atomic mass is 10.0. The second kappa shape index (κ2) is 18.8. The molecule has 0 amide bonds. The zero-order valence-electron chi connectivity index (χ0n) is 16.6. The monoisotopic (exact) mass is 375 g/mol. The molecule has 0 aliphatic carbocycles. The van der Waals surface area contributed by atoms with Crippen molar-refractivity contribution in [3.8, 4) is 0 Å². The minimum Gasteiger partial charge on any atom is -0.390 e. The maximum absolute atomic E-state index is 8.91. The Balaban J connectivity index is 3.01. The average molecular weight is 376 g/mol. The molecule has 0 unspecified atom stereocenters. The van der Waals surface area contributed by atoms with E-state index in [0.29, 0.717) is 0 Å². The van der Waals surface area contributed by atoms with Crippen LogP contribution in [0.4, 0.5) is 0 Å². The van der Waals surface area contributed by atoms with Crippen molar-refractivity contribution < 1.29 is 14.4 Å². The third-order valence-electron chi connectivity index (χ3n) is 4.97. The highest BCUT2D eigenvalue weighted by Crippen LogP contribution is 2.15. The molecule has 0 aromatic rings. The Labute approximate surface area is 157 Å². The van der Waals surface area contributed by atoms with Gasteiger partial charge in [0.1, 0.15) is 0 Å². The van der Waals surface area contributed by atoms with Crippen molar-refractivity contribution in [2.24, 2.45) is 5.73 Å². The first-order valence-corrected chi connectivity index (χ1v) is 13.0. The SMILES string of the molecule is NCCCCCCCCCCCCCCCCCCCC[Si](O)(O)O. The van der Waals surface area contributed by atoms with Gasteiger partial charge in [-0.25, -0.2) is 0 Å². The van der Waals surface area contributed by atoms with Crippen molar-refractivity contribution in [2.45, 2.75) is 122 Å². The molecule has 0 aliphatic heterocycles. The van der Waals surface area contributed by atoms with Crippen molar-refractivity contribution >= 4 is 8.80 Å². The van der Waals surface area contributed by atoms with E-state index >= 15 is 0 Å². The van der Waals surface area contributed by atoms with Crippen molar-refractivity contribution in [2.75, 3.05) is 6.54 Å². The van der Waals surface area contributed by atoms with Gasteiger partial charge in [-0.15, -0.1) is 0 Å². The maximum atomic E-state index is 8.91. The van der Waals surface area contributed by atoms with Gasteiger partial charge in [-0.05, 0) is 19.4 Å². The van der Waals surface area contributed by atoms with Crippen molar-refractivity contribution in [1.82, 2.24) is 0 Å². The highest BCUT2D eigenvalue weighted by atomic mass is 28.4. The zero-order valence-corrected chi connectivity index (χ0v) is 17.6. The van der Waals surface area contributed by atoms with Gasteiger partial charge in [-0.2, -0.15) is 0 Å². The van der Waals surface area contributed by atoms with Gasteiger partial charge in [0.25, 0.3) is 0 Å². The maximum Gasteiger partial charge on any atom is 0.492 e. The summed E-state index contributed by atoms with van der Waals surface area (Å²) in [6, 6.07) is 0.196. The summed E-state index contributed by atoms with van der Waals surface area (Å²) in [4.78, 5) is 26.7. The van der Waals surface area contributed by atoms with Gasteiger partial charge in [0.05, 0.1) is 0 Å². The fourth-order valence-corrected chi connectivity index (χ4v) is 4.06. The molecule has 0 heterocycles. The highest BCUT2D eigenvalue weighted by Gasteiger charge is 2.25. The summed E-state index contributed by atoms with van der Waals surface area (Å²) in [5, 5.41) is 0. The smallest absolute Gasteiger partial charge is 0.390 e. The molecule has 0 aromatic carbocycles. The van der Waals surface area contributed by atoms with E-state index in [1.807, 2.05) is 0 Å². The van der Waals surface area contributed by atoms with Crippen LogP contribution in [0.25, 0.3) is 0 Å². The van der Waals surface area contributed by atoms with Crippen LogP contribution >= 0.6 is 0 Å². The van der Waals surface area contributed by atoms with Crippen LogP contribution in [-0.2, 0) is 0 Å². The minimum absolute atomic E-state index is 0.196. The van der Waals surface area contributed by atoms with Gasteiger partial charge < -0.3 is 20.1 Å². The molecule has 5 heteroatoms. The minimum atomic E-state index is -3.77. The Hall–Kier alpha value is 0.0569. The van der Waals surface area contributed by atoms with Gasteiger partial charge in [0.2, 0.25) is 0 Å². The van der Waals surface area contributed by atoms with E-state index in [9.17, 15) is 0 Å². The van der Waals surface area contributed by atoms with Crippen LogP contribution in [0.3, 0.4) is 0 Å². The van der Waals surface area contributed by atoms with E-state index < -0.39 is 8.80 Å². The van der Waals surface area contributed by atoms with Crippen LogP contribution < -0.4 is 5.73 Å². The van der Waals surface area contributed by atoms with E-state index in [4.69, 9.17) is 20.1 Å². The lowest BCUT2D eigenvalue weighted by molar-refractivity contribution is 0.226. The number of rotatable bonds is 20. The fraction of sp³-hybridized carbons (Fsp3) is 1.00. The molecule has 0 saturated carbocycles. The first-order chi connectivity index (χ1) is 12.1. The van der Waals surface area contributed by atoms with E-state index in [0.717, 1.165) is 25.8 Å². The Morgan fingerprint density at radius 2 is 0.640 bits per heavy atom. The summed E-state index contributed by atoms with van der Waals surface area (Å²) < 4.78 is 0. The molecule has 0 spiro atoms. The molecule has 0 aromatic heterocycles. The molecular weight excluding hydrogens is 330 g/mol. The summed E-state index contributed by atoms with van der Waals surface area (Å²) in [5.41, 5.74) is 5.49. The van der Waals surface area contributed by atoms with Gasteiger partial charge in [-0.1, -0.05) is 103 Å². The van der Waals surface area contributed by atoms with E-state index in [1.54, 1.807) is 0 Å². The van der Waals surface area contributed by atoms with Crippen LogP contribution in [0.1, 0.15) is 116 Å².